The summed E-state index contributed by atoms with van der Waals surface area (Å²) in [5, 5.41) is 0. The van der Waals surface area contributed by atoms with Crippen LogP contribution in [0.2, 0.25) is 0 Å². The number of rotatable bonds is 6. The molecule has 0 spiro atoms. The Hall–Kier alpha value is -2.40. The van der Waals surface area contributed by atoms with E-state index in [2.05, 4.69) is 6.58 Å². The van der Waals surface area contributed by atoms with Gasteiger partial charge in [0.1, 0.15) is 0 Å². The van der Waals surface area contributed by atoms with Gasteiger partial charge in [-0.2, -0.15) is 0 Å². The molecule has 1 fully saturated rings. The van der Waals surface area contributed by atoms with Gasteiger partial charge in [0.2, 0.25) is 0 Å². The number of alkyl halides is 4. The maximum atomic E-state index is 15.1. The van der Waals surface area contributed by atoms with Crippen LogP contribution in [0.5, 0.6) is 0 Å². The van der Waals surface area contributed by atoms with Crippen LogP contribution >= 0.6 is 0 Å². The fourth-order valence-corrected chi connectivity index (χ4v) is 4.79. The van der Waals surface area contributed by atoms with E-state index in [4.69, 9.17) is 4.74 Å². The highest BCUT2D eigenvalue weighted by molar-refractivity contribution is 5.77. The molecule has 0 saturated carbocycles. The predicted molar refractivity (Wildman–Crippen MR) is 126 cm³/mol. The Morgan fingerprint density at radius 2 is 1.45 bits per heavy atom. The zero-order valence-corrected chi connectivity index (χ0v) is 18.8. The van der Waals surface area contributed by atoms with Gasteiger partial charge in [-0.25, -0.2) is 17.6 Å². The van der Waals surface area contributed by atoms with Crippen molar-refractivity contribution in [1.82, 2.24) is 0 Å². The van der Waals surface area contributed by atoms with Crippen LogP contribution in [0.15, 0.2) is 72.4 Å². The molecule has 0 bridgehead atoms. The van der Waals surface area contributed by atoms with E-state index < -0.39 is 30.8 Å². The van der Waals surface area contributed by atoms with Crippen LogP contribution in [0.25, 0.3) is 11.1 Å². The molecule has 5 heteroatoms. The standard InChI is InChI=1S/C28H30F4O/c1-3-4-5-18-7-15-24(33-16-18)23-14-13-22(27(31)28(23)32)20-10-8-19(9-11-20)21-12-6-17(2)25(29)26(21)30/h3,6,8-14,18,24-28H,1,4-5,7,15-16H2,2H3. The second kappa shape index (κ2) is 10.3. The van der Waals surface area contributed by atoms with E-state index in [1.807, 2.05) is 6.08 Å². The minimum absolute atomic E-state index is 0.242. The lowest BCUT2D eigenvalue weighted by Crippen LogP contribution is -2.35. The molecule has 1 heterocycles. The Bertz CT molecular complexity index is 980. The Balaban J connectivity index is 1.48. The first kappa shape index (κ1) is 23.7. The second-order valence-corrected chi connectivity index (χ2v) is 9.14. The molecule has 1 aromatic rings. The highest BCUT2D eigenvalue weighted by atomic mass is 19.2. The molecule has 33 heavy (non-hydrogen) atoms. The SMILES string of the molecule is C=CCCC1CCC(C2=CC=C(c3ccc(C4=CC=C(C)C(F)C4F)cc3)C(F)C2F)OC1. The molecule has 176 valence electrons. The number of ether oxygens (including phenoxy) is 1. The summed E-state index contributed by atoms with van der Waals surface area (Å²) in [4.78, 5) is 0. The first-order chi connectivity index (χ1) is 15.9. The Labute approximate surface area is 193 Å². The summed E-state index contributed by atoms with van der Waals surface area (Å²) in [7, 11) is 0. The smallest absolute Gasteiger partial charge is 0.161 e. The van der Waals surface area contributed by atoms with Gasteiger partial charge in [0.05, 0.1) is 12.7 Å². The van der Waals surface area contributed by atoms with Crippen LogP contribution in [0.3, 0.4) is 0 Å². The summed E-state index contributed by atoms with van der Waals surface area (Å²) < 4.78 is 64.5. The van der Waals surface area contributed by atoms with Crippen LogP contribution in [0.1, 0.15) is 43.7 Å². The summed E-state index contributed by atoms with van der Waals surface area (Å²) in [5.74, 6) is 0.433. The predicted octanol–water partition coefficient (Wildman–Crippen LogP) is 7.47. The van der Waals surface area contributed by atoms with E-state index >= 15 is 8.78 Å². The normalized spacial score (nSPS) is 32.4. The lowest BCUT2D eigenvalue weighted by molar-refractivity contribution is -0.00636. The third-order valence-corrected chi connectivity index (χ3v) is 6.92. The summed E-state index contributed by atoms with van der Waals surface area (Å²) in [6, 6.07) is 6.52. The molecular formula is C28H30F4O. The van der Waals surface area contributed by atoms with Gasteiger partial charge < -0.3 is 4.74 Å². The summed E-state index contributed by atoms with van der Waals surface area (Å²) in [5.41, 5.74) is 2.24. The number of benzene rings is 1. The lowest BCUT2D eigenvalue weighted by atomic mass is 9.84. The molecule has 6 unspecified atom stereocenters. The van der Waals surface area contributed by atoms with Gasteiger partial charge >= 0.3 is 0 Å². The zero-order valence-electron chi connectivity index (χ0n) is 18.8. The average molecular weight is 459 g/mol. The Morgan fingerprint density at radius 3 is 2.03 bits per heavy atom. The number of allylic oxidation sites excluding steroid dienone is 8. The molecule has 0 N–H and O–H groups in total. The van der Waals surface area contributed by atoms with Gasteiger partial charge in [-0.05, 0) is 71.9 Å². The molecule has 3 aliphatic rings. The first-order valence-electron chi connectivity index (χ1n) is 11.6. The number of hydrogen-bond donors (Lipinski definition) is 0. The van der Waals surface area contributed by atoms with E-state index in [1.165, 1.54) is 0 Å². The van der Waals surface area contributed by atoms with Gasteiger partial charge in [-0.1, -0.05) is 54.6 Å². The van der Waals surface area contributed by atoms with Gasteiger partial charge in [-0.3, -0.25) is 0 Å². The molecule has 2 aliphatic carbocycles. The highest BCUT2D eigenvalue weighted by Crippen LogP contribution is 2.38. The van der Waals surface area contributed by atoms with Gasteiger partial charge in [0.25, 0.3) is 0 Å². The second-order valence-electron chi connectivity index (χ2n) is 9.14. The molecule has 0 radical (unpaired) electrons. The van der Waals surface area contributed by atoms with Crippen molar-refractivity contribution < 1.29 is 22.3 Å². The molecule has 1 saturated heterocycles. The van der Waals surface area contributed by atoms with Crippen molar-refractivity contribution in [2.45, 2.75) is 63.4 Å². The van der Waals surface area contributed by atoms with Gasteiger partial charge in [0.15, 0.2) is 24.7 Å². The van der Waals surface area contributed by atoms with Crippen molar-refractivity contribution in [3.8, 4) is 0 Å². The molecule has 1 nitrogen and oxygen atoms in total. The van der Waals surface area contributed by atoms with Gasteiger partial charge in [0, 0.05) is 0 Å². The molecule has 4 rings (SSSR count). The molecule has 0 amide bonds. The zero-order chi connectivity index (χ0) is 23.5. The third-order valence-electron chi connectivity index (χ3n) is 6.92. The van der Waals surface area contributed by atoms with Crippen molar-refractivity contribution in [1.29, 1.82) is 0 Å². The average Bonchev–Trinajstić information content (AvgIpc) is 2.84. The fraction of sp³-hybridized carbons (Fsp3) is 0.429. The van der Waals surface area contributed by atoms with Crippen molar-refractivity contribution in [3.05, 3.63) is 83.5 Å². The molecule has 0 aromatic heterocycles. The van der Waals surface area contributed by atoms with Crippen LogP contribution in [0.4, 0.5) is 17.6 Å². The fourth-order valence-electron chi connectivity index (χ4n) is 4.79. The minimum atomic E-state index is -1.80. The van der Waals surface area contributed by atoms with Crippen molar-refractivity contribution >= 4 is 11.1 Å². The molecule has 1 aromatic carbocycles. The van der Waals surface area contributed by atoms with E-state index in [0.717, 1.165) is 19.3 Å². The first-order valence-corrected chi connectivity index (χ1v) is 11.6. The Morgan fingerprint density at radius 1 is 0.848 bits per heavy atom. The van der Waals surface area contributed by atoms with Crippen LogP contribution in [-0.4, -0.2) is 37.4 Å². The van der Waals surface area contributed by atoms with E-state index in [-0.39, 0.29) is 11.1 Å². The molecule has 1 aliphatic heterocycles. The van der Waals surface area contributed by atoms with E-state index in [0.29, 0.717) is 41.2 Å². The van der Waals surface area contributed by atoms with E-state index in [9.17, 15) is 8.78 Å². The number of hydrogen-bond acceptors (Lipinski definition) is 1. The van der Waals surface area contributed by atoms with Crippen LogP contribution in [0, 0.1) is 5.92 Å². The van der Waals surface area contributed by atoms with Crippen molar-refractivity contribution in [2.24, 2.45) is 5.92 Å². The largest absolute Gasteiger partial charge is 0.373 e. The minimum Gasteiger partial charge on any atom is -0.373 e. The van der Waals surface area contributed by atoms with E-state index in [1.54, 1.807) is 55.5 Å². The summed E-state index contributed by atoms with van der Waals surface area (Å²) in [6.45, 7) is 5.84. The highest BCUT2D eigenvalue weighted by Gasteiger charge is 2.37. The maximum absolute atomic E-state index is 15.1. The van der Waals surface area contributed by atoms with Crippen molar-refractivity contribution in [3.63, 3.8) is 0 Å². The quantitative estimate of drug-likeness (QED) is 0.317. The summed E-state index contributed by atoms with van der Waals surface area (Å²) >= 11 is 0. The summed E-state index contributed by atoms with van der Waals surface area (Å²) in [6.07, 6.45) is 4.44. The number of halogens is 4. The lowest BCUT2D eigenvalue weighted by Gasteiger charge is -2.34. The third kappa shape index (κ3) is 4.93. The molecule has 6 atom stereocenters. The monoisotopic (exact) mass is 458 g/mol. The molecular weight excluding hydrogens is 428 g/mol. The van der Waals surface area contributed by atoms with Crippen molar-refractivity contribution in [2.75, 3.05) is 6.61 Å². The topological polar surface area (TPSA) is 9.23 Å². The van der Waals surface area contributed by atoms with Crippen LogP contribution < -0.4 is 0 Å². The van der Waals surface area contributed by atoms with Gasteiger partial charge in [-0.15, -0.1) is 6.58 Å². The maximum Gasteiger partial charge on any atom is 0.161 e. The Kier molecular flexibility index (Phi) is 7.38. The van der Waals surface area contributed by atoms with Crippen LogP contribution in [-0.2, 0) is 4.74 Å².